The van der Waals surface area contributed by atoms with Crippen LogP contribution in [-0.4, -0.2) is 20.2 Å². The van der Waals surface area contributed by atoms with E-state index in [0.717, 1.165) is 37.0 Å². The summed E-state index contributed by atoms with van der Waals surface area (Å²) >= 11 is 5.12. The molecule has 4 nitrogen and oxygen atoms in total. The number of pyridine rings is 1. The summed E-state index contributed by atoms with van der Waals surface area (Å²) in [6.45, 7) is 2.17. The van der Waals surface area contributed by atoms with Crippen molar-refractivity contribution in [3.05, 3.63) is 39.8 Å². The van der Waals surface area contributed by atoms with Gasteiger partial charge < -0.3 is 0 Å². The maximum absolute atomic E-state index is 5.12. The van der Waals surface area contributed by atoms with Crippen LogP contribution in [0, 0.1) is 4.77 Å². The molecule has 5 heteroatoms. The van der Waals surface area contributed by atoms with Gasteiger partial charge in [0.15, 0.2) is 5.82 Å². The van der Waals surface area contributed by atoms with Crippen molar-refractivity contribution in [3.63, 3.8) is 0 Å². The molecule has 0 spiro atoms. The lowest BCUT2D eigenvalue weighted by Crippen LogP contribution is -1.99. The minimum atomic E-state index is 0.494. The number of H-pyrrole nitrogens is 2. The van der Waals surface area contributed by atoms with Crippen molar-refractivity contribution in [2.75, 3.05) is 0 Å². The molecule has 1 aliphatic carbocycles. The number of para-hydroxylation sites is 1. The van der Waals surface area contributed by atoms with E-state index in [-0.39, 0.29) is 0 Å². The Kier molecular flexibility index (Phi) is 2.89. The lowest BCUT2D eigenvalue weighted by atomic mass is 9.98. The van der Waals surface area contributed by atoms with Gasteiger partial charge in [-0.05, 0) is 49.0 Å². The molecule has 0 aliphatic heterocycles. The highest BCUT2D eigenvalue weighted by Crippen LogP contribution is 2.36. The molecule has 2 aromatic heterocycles. The molecular formula is C16H16N4S. The Morgan fingerprint density at radius 1 is 1.19 bits per heavy atom. The summed E-state index contributed by atoms with van der Waals surface area (Å²) < 4.78 is 0.494. The molecule has 106 valence electrons. The second-order valence-electron chi connectivity index (χ2n) is 5.45. The molecule has 3 aromatic rings. The van der Waals surface area contributed by atoms with Crippen LogP contribution >= 0.6 is 12.2 Å². The quantitative estimate of drug-likeness (QED) is 0.708. The van der Waals surface area contributed by atoms with Crippen LogP contribution in [0.5, 0.6) is 0 Å². The van der Waals surface area contributed by atoms with E-state index in [9.17, 15) is 0 Å². The molecule has 0 bridgehead atoms. The molecule has 0 amide bonds. The maximum atomic E-state index is 5.12. The summed E-state index contributed by atoms with van der Waals surface area (Å²) in [5, 5.41) is 7.20. The zero-order valence-corrected chi connectivity index (χ0v) is 12.7. The van der Waals surface area contributed by atoms with Crippen LogP contribution in [0.4, 0.5) is 0 Å². The average Bonchev–Trinajstić information content (AvgIpc) is 3.12. The van der Waals surface area contributed by atoms with E-state index in [2.05, 4.69) is 40.3 Å². The van der Waals surface area contributed by atoms with Gasteiger partial charge in [0.2, 0.25) is 4.77 Å². The lowest BCUT2D eigenvalue weighted by Gasteiger charge is -2.12. The van der Waals surface area contributed by atoms with Gasteiger partial charge in [0.25, 0.3) is 0 Å². The molecule has 4 rings (SSSR count). The summed E-state index contributed by atoms with van der Waals surface area (Å²) in [6, 6.07) is 6.41. The lowest BCUT2D eigenvalue weighted by molar-refractivity contribution is 0.900. The van der Waals surface area contributed by atoms with Crippen LogP contribution in [0.25, 0.3) is 22.3 Å². The molecule has 1 aliphatic rings. The van der Waals surface area contributed by atoms with Crippen molar-refractivity contribution in [2.45, 2.75) is 32.6 Å². The first-order valence-corrected chi connectivity index (χ1v) is 7.77. The van der Waals surface area contributed by atoms with Gasteiger partial charge in [-0.15, -0.1) is 0 Å². The molecule has 21 heavy (non-hydrogen) atoms. The van der Waals surface area contributed by atoms with Crippen LogP contribution in [-0.2, 0) is 19.3 Å². The molecule has 2 heterocycles. The number of nitrogens with one attached hydrogen (secondary N) is 2. The van der Waals surface area contributed by atoms with E-state index in [4.69, 9.17) is 17.2 Å². The number of rotatable bonds is 2. The Balaban J connectivity index is 2.14. The summed E-state index contributed by atoms with van der Waals surface area (Å²) in [4.78, 5) is 9.38. The number of fused-ring (bicyclic) bond motifs is 2. The summed E-state index contributed by atoms with van der Waals surface area (Å²) in [5.74, 6) is 0.832. The van der Waals surface area contributed by atoms with Crippen LogP contribution < -0.4 is 0 Å². The fourth-order valence-electron chi connectivity index (χ4n) is 3.29. The first kappa shape index (κ1) is 12.7. The minimum Gasteiger partial charge on any atom is -0.282 e. The molecule has 0 saturated heterocycles. The largest absolute Gasteiger partial charge is 0.282 e. The van der Waals surface area contributed by atoms with E-state index in [1.807, 2.05) is 0 Å². The Labute approximate surface area is 127 Å². The normalized spacial score (nSPS) is 13.8. The Hall–Kier alpha value is -2.01. The number of nitrogens with zero attached hydrogens (tertiary/aromatic N) is 2. The van der Waals surface area contributed by atoms with E-state index in [1.165, 1.54) is 27.8 Å². The fraction of sp³-hybridized carbons (Fsp3) is 0.312. The predicted octanol–water partition coefficient (Wildman–Crippen LogP) is 3.73. The molecular weight excluding hydrogens is 280 g/mol. The van der Waals surface area contributed by atoms with Crippen molar-refractivity contribution < 1.29 is 0 Å². The first-order valence-electron chi connectivity index (χ1n) is 7.36. The van der Waals surface area contributed by atoms with Crippen molar-refractivity contribution >= 4 is 23.1 Å². The molecule has 0 unspecified atom stereocenters. The fourth-order valence-corrected chi connectivity index (χ4v) is 3.43. The SMILES string of the molecule is CCc1cccc2c(-c3nc(=S)[nH][nH]3)c3c(nc12)CCC3. The summed E-state index contributed by atoms with van der Waals surface area (Å²) in [7, 11) is 0. The van der Waals surface area contributed by atoms with E-state index < -0.39 is 0 Å². The van der Waals surface area contributed by atoms with Crippen molar-refractivity contribution in [1.82, 2.24) is 20.2 Å². The van der Waals surface area contributed by atoms with Gasteiger partial charge in [-0.2, -0.15) is 4.98 Å². The molecule has 1 aromatic carbocycles. The van der Waals surface area contributed by atoms with Crippen molar-refractivity contribution in [3.8, 4) is 11.4 Å². The topological polar surface area (TPSA) is 57.4 Å². The standard InChI is InChI=1S/C16H16N4S/c1-2-9-5-3-7-11-13(15-18-16(21)20-19-15)10-6-4-8-12(10)17-14(9)11/h3,5,7H,2,4,6,8H2,1H3,(H2,18,19,20,21). The molecule has 0 saturated carbocycles. The van der Waals surface area contributed by atoms with Crippen LogP contribution in [0.2, 0.25) is 0 Å². The predicted molar refractivity (Wildman–Crippen MR) is 85.9 cm³/mol. The zero-order chi connectivity index (χ0) is 14.4. The van der Waals surface area contributed by atoms with E-state index >= 15 is 0 Å². The third-order valence-electron chi connectivity index (χ3n) is 4.25. The number of hydrogen-bond donors (Lipinski definition) is 2. The average molecular weight is 296 g/mol. The van der Waals surface area contributed by atoms with Gasteiger partial charge in [-0.3, -0.25) is 15.2 Å². The number of benzene rings is 1. The van der Waals surface area contributed by atoms with Gasteiger partial charge in [0.05, 0.1) is 5.52 Å². The maximum Gasteiger partial charge on any atom is 0.213 e. The van der Waals surface area contributed by atoms with Gasteiger partial charge in [-0.1, -0.05) is 25.1 Å². The molecule has 2 N–H and O–H groups in total. The van der Waals surface area contributed by atoms with Crippen LogP contribution in [0.15, 0.2) is 18.2 Å². The van der Waals surface area contributed by atoms with E-state index in [1.54, 1.807) is 0 Å². The Morgan fingerprint density at radius 3 is 2.86 bits per heavy atom. The van der Waals surface area contributed by atoms with Crippen molar-refractivity contribution in [2.24, 2.45) is 0 Å². The van der Waals surface area contributed by atoms with Crippen LogP contribution in [0.3, 0.4) is 0 Å². The van der Waals surface area contributed by atoms with Crippen LogP contribution in [0.1, 0.15) is 30.2 Å². The van der Waals surface area contributed by atoms with Gasteiger partial charge in [0.1, 0.15) is 0 Å². The number of aryl methyl sites for hydroxylation is 2. The molecule has 0 radical (unpaired) electrons. The minimum absolute atomic E-state index is 0.494. The van der Waals surface area contributed by atoms with Gasteiger partial charge in [-0.25, -0.2) is 0 Å². The zero-order valence-electron chi connectivity index (χ0n) is 11.9. The third-order valence-corrected chi connectivity index (χ3v) is 4.44. The third kappa shape index (κ3) is 1.92. The van der Waals surface area contributed by atoms with E-state index in [0.29, 0.717) is 4.77 Å². The summed E-state index contributed by atoms with van der Waals surface area (Å²) in [5.41, 5.74) is 6.12. The highest BCUT2D eigenvalue weighted by Gasteiger charge is 2.22. The van der Waals surface area contributed by atoms with Crippen molar-refractivity contribution in [1.29, 1.82) is 0 Å². The number of hydrogen-bond acceptors (Lipinski definition) is 3. The monoisotopic (exact) mass is 296 g/mol. The first-order chi connectivity index (χ1) is 10.3. The molecule has 0 atom stereocenters. The second-order valence-corrected chi connectivity index (χ2v) is 5.83. The van der Waals surface area contributed by atoms with Gasteiger partial charge in [0, 0.05) is 16.6 Å². The number of aromatic amines is 2. The second kappa shape index (κ2) is 4.77. The highest BCUT2D eigenvalue weighted by molar-refractivity contribution is 7.71. The Morgan fingerprint density at radius 2 is 2.10 bits per heavy atom. The molecule has 0 fully saturated rings. The number of aromatic nitrogens is 4. The Bertz CT molecular complexity index is 891. The summed E-state index contributed by atoms with van der Waals surface area (Å²) in [6.07, 6.45) is 4.27. The highest BCUT2D eigenvalue weighted by atomic mass is 32.1. The van der Waals surface area contributed by atoms with Gasteiger partial charge >= 0.3 is 0 Å². The smallest absolute Gasteiger partial charge is 0.213 e.